The molecule has 35 heavy (non-hydrogen) atoms. The number of likely N-dealkylation sites (tertiary alicyclic amines) is 1. The largest absolute Gasteiger partial charge is 0.497 e. The van der Waals surface area contributed by atoms with E-state index in [1.165, 1.54) is 0 Å². The van der Waals surface area contributed by atoms with Crippen molar-refractivity contribution in [3.63, 3.8) is 0 Å². The number of amides is 3. The fourth-order valence-electron chi connectivity index (χ4n) is 5.12. The maximum absolute atomic E-state index is 13.9. The number of nitrogens with zero attached hydrogens (tertiary/aromatic N) is 3. The van der Waals surface area contributed by atoms with Crippen LogP contribution in [0.25, 0.3) is 0 Å². The topological polar surface area (TPSA) is 88.6 Å². The first-order valence-corrected chi connectivity index (χ1v) is 12.4. The Kier molecular flexibility index (Phi) is 7.38. The smallest absolute Gasteiger partial charge is 0.257 e. The van der Waals surface area contributed by atoms with Gasteiger partial charge in [0.15, 0.2) is 0 Å². The van der Waals surface area contributed by atoms with E-state index in [1.807, 2.05) is 25.7 Å². The van der Waals surface area contributed by atoms with Crippen molar-refractivity contribution in [2.45, 2.75) is 51.8 Å². The fourth-order valence-corrected chi connectivity index (χ4v) is 5.12. The van der Waals surface area contributed by atoms with Gasteiger partial charge in [0, 0.05) is 51.0 Å². The van der Waals surface area contributed by atoms with E-state index >= 15 is 0 Å². The highest BCUT2D eigenvalue weighted by Gasteiger charge is 2.55. The number of carbonyl (C=O) groups is 3. The minimum absolute atomic E-state index is 0.0971. The van der Waals surface area contributed by atoms with E-state index < -0.39 is 11.8 Å². The van der Waals surface area contributed by atoms with Crippen molar-refractivity contribution >= 4 is 17.7 Å². The summed E-state index contributed by atoms with van der Waals surface area (Å²) in [5, 5.41) is 0. The van der Waals surface area contributed by atoms with E-state index in [0.717, 1.165) is 0 Å². The molecule has 9 heteroatoms. The second kappa shape index (κ2) is 10.1. The van der Waals surface area contributed by atoms with Crippen LogP contribution in [0, 0.1) is 5.41 Å². The fraction of sp³-hybridized carbons (Fsp3) is 0.654. The number of morpholine rings is 1. The van der Waals surface area contributed by atoms with Crippen LogP contribution in [0.15, 0.2) is 24.3 Å². The Morgan fingerprint density at radius 3 is 2.37 bits per heavy atom. The normalized spacial score (nSPS) is 22.4. The summed E-state index contributed by atoms with van der Waals surface area (Å²) in [5.41, 5.74) is -0.578. The Hall–Kier alpha value is -2.65. The van der Waals surface area contributed by atoms with Crippen LogP contribution in [0.1, 0.15) is 50.4 Å². The zero-order valence-electron chi connectivity index (χ0n) is 21.2. The van der Waals surface area contributed by atoms with E-state index in [2.05, 4.69) is 0 Å². The Bertz CT molecular complexity index is 945. The van der Waals surface area contributed by atoms with E-state index in [9.17, 15) is 14.4 Å². The monoisotopic (exact) mass is 487 g/mol. The molecule has 1 atom stereocenters. The van der Waals surface area contributed by atoms with Gasteiger partial charge in [0.25, 0.3) is 5.91 Å². The number of methoxy groups -OCH3 is 1. The van der Waals surface area contributed by atoms with E-state index in [4.69, 9.17) is 14.2 Å². The predicted molar refractivity (Wildman–Crippen MR) is 129 cm³/mol. The summed E-state index contributed by atoms with van der Waals surface area (Å²) in [6.07, 6.45) is 1.39. The molecule has 4 rings (SSSR count). The zero-order chi connectivity index (χ0) is 25.2. The van der Waals surface area contributed by atoms with Gasteiger partial charge in [0.05, 0.1) is 26.9 Å². The Labute approximate surface area is 207 Å². The zero-order valence-corrected chi connectivity index (χ0v) is 21.2. The average Bonchev–Trinajstić information content (AvgIpc) is 3.21. The molecule has 1 spiro atoms. The summed E-state index contributed by atoms with van der Waals surface area (Å²) in [4.78, 5) is 45.5. The van der Waals surface area contributed by atoms with Crippen LogP contribution in [0.4, 0.5) is 0 Å². The predicted octanol–water partition coefficient (Wildman–Crippen LogP) is 2.15. The van der Waals surface area contributed by atoms with Crippen LogP contribution in [0.5, 0.6) is 5.75 Å². The molecule has 3 saturated heterocycles. The molecule has 1 aromatic carbocycles. The van der Waals surface area contributed by atoms with Gasteiger partial charge < -0.3 is 24.0 Å². The molecule has 1 unspecified atom stereocenters. The van der Waals surface area contributed by atoms with Crippen LogP contribution in [0.3, 0.4) is 0 Å². The third-order valence-corrected chi connectivity index (χ3v) is 6.98. The van der Waals surface area contributed by atoms with Crippen LogP contribution in [-0.4, -0.2) is 97.3 Å². The van der Waals surface area contributed by atoms with Gasteiger partial charge in [-0.1, -0.05) is 26.8 Å². The maximum Gasteiger partial charge on any atom is 0.257 e. The van der Waals surface area contributed by atoms with Gasteiger partial charge >= 0.3 is 0 Å². The van der Waals surface area contributed by atoms with Crippen molar-refractivity contribution in [2.24, 2.45) is 5.41 Å². The molecule has 0 saturated carbocycles. The van der Waals surface area contributed by atoms with Crippen molar-refractivity contribution in [3.05, 3.63) is 29.8 Å². The van der Waals surface area contributed by atoms with Gasteiger partial charge in [0.1, 0.15) is 17.5 Å². The van der Waals surface area contributed by atoms with Crippen LogP contribution >= 0.6 is 0 Å². The molecule has 3 amide bonds. The molecule has 3 aliphatic rings. The summed E-state index contributed by atoms with van der Waals surface area (Å²) in [6.45, 7) is 9.22. The van der Waals surface area contributed by atoms with Gasteiger partial charge in [-0.3, -0.25) is 19.3 Å². The second-order valence-corrected chi connectivity index (χ2v) is 10.7. The quantitative estimate of drug-likeness (QED) is 0.647. The van der Waals surface area contributed by atoms with Crippen LogP contribution in [0.2, 0.25) is 0 Å². The lowest BCUT2D eigenvalue weighted by molar-refractivity contribution is -0.147. The van der Waals surface area contributed by atoms with Crippen LogP contribution in [-0.2, 0) is 19.1 Å². The molecule has 0 bridgehead atoms. The molecule has 1 aromatic rings. The Balaban J connectivity index is 1.59. The minimum atomic E-state index is -0.925. The molecule has 3 heterocycles. The average molecular weight is 488 g/mol. The van der Waals surface area contributed by atoms with Crippen molar-refractivity contribution in [1.29, 1.82) is 0 Å². The van der Waals surface area contributed by atoms with Crippen molar-refractivity contribution in [3.8, 4) is 5.75 Å². The lowest BCUT2D eigenvalue weighted by Crippen LogP contribution is -2.60. The lowest BCUT2D eigenvalue weighted by atomic mass is 9.90. The minimum Gasteiger partial charge on any atom is -0.497 e. The Morgan fingerprint density at radius 2 is 1.74 bits per heavy atom. The molecular formula is C26H37N3O6. The number of ether oxygens (including phenoxy) is 3. The van der Waals surface area contributed by atoms with Gasteiger partial charge in [-0.25, -0.2) is 0 Å². The first-order chi connectivity index (χ1) is 16.6. The molecule has 3 fully saturated rings. The summed E-state index contributed by atoms with van der Waals surface area (Å²) in [6, 6.07) is 6.25. The first kappa shape index (κ1) is 25.4. The van der Waals surface area contributed by atoms with Crippen LogP contribution < -0.4 is 4.74 Å². The second-order valence-electron chi connectivity index (χ2n) is 10.7. The van der Waals surface area contributed by atoms with E-state index in [1.54, 1.807) is 41.2 Å². The first-order valence-electron chi connectivity index (χ1n) is 12.4. The number of piperidine rings is 1. The molecule has 3 aliphatic heterocycles. The number of benzene rings is 1. The summed E-state index contributed by atoms with van der Waals surface area (Å²) >= 11 is 0. The van der Waals surface area contributed by atoms with Crippen molar-refractivity contribution < 1.29 is 28.6 Å². The summed E-state index contributed by atoms with van der Waals surface area (Å²) in [7, 11) is 1.55. The Morgan fingerprint density at radius 1 is 1.06 bits per heavy atom. The summed E-state index contributed by atoms with van der Waals surface area (Å²) in [5.74, 6) is 0.302. The molecule has 0 N–H and O–H groups in total. The van der Waals surface area contributed by atoms with Crippen molar-refractivity contribution in [2.75, 3.05) is 53.1 Å². The van der Waals surface area contributed by atoms with Gasteiger partial charge in [0.2, 0.25) is 11.8 Å². The number of hydrogen-bond donors (Lipinski definition) is 0. The van der Waals surface area contributed by atoms with Crippen molar-refractivity contribution in [1.82, 2.24) is 14.7 Å². The number of rotatable bonds is 4. The maximum atomic E-state index is 13.9. The molecule has 9 nitrogen and oxygen atoms in total. The highest BCUT2D eigenvalue weighted by Crippen LogP contribution is 2.39. The lowest BCUT2D eigenvalue weighted by Gasteiger charge is -2.45. The SMILES string of the molecule is COc1cccc(C(=O)N2C(C(=O)N3CCOCC3)COC23CCN(C(=O)CC(C)(C)C)CC3)c1. The van der Waals surface area contributed by atoms with E-state index in [0.29, 0.717) is 70.0 Å². The van der Waals surface area contributed by atoms with Gasteiger partial charge in [-0.2, -0.15) is 0 Å². The van der Waals surface area contributed by atoms with E-state index in [-0.39, 0.29) is 29.7 Å². The third-order valence-electron chi connectivity index (χ3n) is 6.98. The van der Waals surface area contributed by atoms with Gasteiger partial charge in [-0.05, 0) is 23.6 Å². The molecule has 0 radical (unpaired) electrons. The molecule has 0 aliphatic carbocycles. The summed E-state index contributed by atoms with van der Waals surface area (Å²) < 4.78 is 17.0. The molecule has 192 valence electrons. The highest BCUT2D eigenvalue weighted by molar-refractivity contribution is 5.98. The third kappa shape index (κ3) is 5.46. The molecular weight excluding hydrogens is 450 g/mol. The standard InChI is InChI=1S/C26H37N3O6/c1-25(2,3)17-22(30)27-10-8-26(9-11-27)29(23(31)19-6-5-7-20(16-19)33-4)21(18-35-26)24(32)28-12-14-34-15-13-28/h5-7,16,21H,8-15,17-18H2,1-4H3. The van der Waals surface area contributed by atoms with Gasteiger partial charge in [-0.15, -0.1) is 0 Å². The highest BCUT2D eigenvalue weighted by atomic mass is 16.5. The molecule has 0 aromatic heterocycles. The number of hydrogen-bond acceptors (Lipinski definition) is 6. The number of carbonyl (C=O) groups excluding carboxylic acids is 3.